The van der Waals surface area contributed by atoms with Crippen molar-refractivity contribution in [2.45, 2.75) is 86.2 Å². The van der Waals surface area contributed by atoms with Crippen molar-refractivity contribution in [3.63, 3.8) is 0 Å². The minimum atomic E-state index is -1.52. The molecule has 7 atom stereocenters. The number of likely N-dealkylation sites (tertiary alicyclic amines) is 1. The zero-order valence-electron chi connectivity index (χ0n) is 37.4. The maximum atomic E-state index is 12.7. The van der Waals surface area contributed by atoms with Crippen LogP contribution < -0.4 is 10.2 Å². The summed E-state index contributed by atoms with van der Waals surface area (Å²) < 4.78 is 54.3. The molecule has 2 aliphatic heterocycles. The van der Waals surface area contributed by atoms with Crippen LogP contribution in [0.5, 0.6) is 0 Å². The number of thiol groups is 2. The van der Waals surface area contributed by atoms with Crippen molar-refractivity contribution >= 4 is 60.6 Å². The smallest absolute Gasteiger partial charge is 0.242 e. The van der Waals surface area contributed by atoms with Crippen molar-refractivity contribution in [3.05, 3.63) is 0 Å². The second-order valence-electron chi connectivity index (χ2n) is 14.6. The molecular formula is C41H73N3O18S3-2. The van der Waals surface area contributed by atoms with Gasteiger partial charge in [0.2, 0.25) is 11.8 Å². The summed E-state index contributed by atoms with van der Waals surface area (Å²) in [6, 6.07) is 0. The van der Waals surface area contributed by atoms with Crippen molar-refractivity contribution in [3.8, 4) is 0 Å². The number of aliphatic hydroxyl groups is 4. The van der Waals surface area contributed by atoms with Gasteiger partial charge in [0.1, 0.15) is 24.4 Å². The van der Waals surface area contributed by atoms with Gasteiger partial charge in [-0.2, -0.15) is 25.3 Å². The molecular weight excluding hydrogens is 919 g/mol. The summed E-state index contributed by atoms with van der Waals surface area (Å²) in [5.41, 5.74) is 0. The molecule has 2 aliphatic rings. The normalized spacial score (nSPS) is 22.4. The quantitative estimate of drug-likeness (QED) is 0.0125. The largest absolute Gasteiger partial charge is 0.862 e. The Bertz CT molecular complexity index is 1280. The van der Waals surface area contributed by atoms with Gasteiger partial charge in [-0.3, -0.25) is 14.5 Å². The maximum Gasteiger partial charge on any atom is 0.242 e. The summed E-state index contributed by atoms with van der Waals surface area (Å²) in [5, 5.41) is 62.6. The molecule has 0 aromatic carbocycles. The van der Waals surface area contributed by atoms with Crippen LogP contribution in [0.3, 0.4) is 0 Å². The number of hydrogen-bond acceptors (Lipinski definition) is 23. The Balaban J connectivity index is 1.32. The zero-order valence-corrected chi connectivity index (χ0v) is 40.0. The van der Waals surface area contributed by atoms with Crippen LogP contribution in [0, 0.1) is 0 Å². The van der Waals surface area contributed by atoms with Crippen LogP contribution in [-0.2, 0) is 57.0 Å². The van der Waals surface area contributed by atoms with E-state index in [9.17, 15) is 40.2 Å². The van der Waals surface area contributed by atoms with Gasteiger partial charge in [-0.25, -0.2) is 0 Å². The molecule has 0 saturated carbocycles. The van der Waals surface area contributed by atoms with E-state index in [0.717, 1.165) is 36.3 Å². The second kappa shape index (κ2) is 39.4. The maximum absolute atomic E-state index is 12.7. The highest BCUT2D eigenvalue weighted by molar-refractivity contribution is 8.00. The van der Waals surface area contributed by atoms with Gasteiger partial charge in [0.15, 0.2) is 6.29 Å². The lowest BCUT2D eigenvalue weighted by Crippen LogP contribution is -2.59. The summed E-state index contributed by atoms with van der Waals surface area (Å²) in [6.07, 6.45) is -2.54. The summed E-state index contributed by atoms with van der Waals surface area (Å²) in [4.78, 5) is 34.2. The average Bonchev–Trinajstić information content (AvgIpc) is 3.56. The van der Waals surface area contributed by atoms with Crippen molar-refractivity contribution in [1.29, 1.82) is 0 Å². The number of thioether (sulfide) groups is 1. The molecule has 21 nitrogen and oxygen atoms in total. The zero-order chi connectivity index (χ0) is 47.3. The third-order valence-electron chi connectivity index (χ3n) is 9.58. The Morgan fingerprint density at radius 2 is 1.18 bits per heavy atom. The molecule has 2 heterocycles. The van der Waals surface area contributed by atoms with E-state index in [0.29, 0.717) is 103 Å². The molecule has 2 unspecified atom stereocenters. The number of aliphatic imine (C=N–C) groups is 2. The van der Waals surface area contributed by atoms with Gasteiger partial charge in [-0.05, 0) is 49.7 Å². The fourth-order valence-electron chi connectivity index (χ4n) is 6.00. The molecule has 380 valence electrons. The van der Waals surface area contributed by atoms with Gasteiger partial charge in [0.25, 0.3) is 0 Å². The minimum absolute atomic E-state index is 0.0225. The first-order valence-corrected chi connectivity index (χ1v) is 24.5. The number of aliphatic hydroxyl groups excluding tert-OH is 4. The summed E-state index contributed by atoms with van der Waals surface area (Å²) in [7, 11) is 0. The highest BCUT2D eigenvalue weighted by Crippen LogP contribution is 2.25. The number of amides is 2. The Hall–Kier alpha value is -1.43. The van der Waals surface area contributed by atoms with Crippen LogP contribution in [0.1, 0.15) is 44.9 Å². The highest BCUT2D eigenvalue weighted by Gasteiger charge is 2.44. The Morgan fingerprint density at radius 1 is 0.692 bits per heavy atom. The number of hydrogen-bond donors (Lipinski definition) is 6. The van der Waals surface area contributed by atoms with Crippen molar-refractivity contribution in [1.82, 2.24) is 4.90 Å². The molecule has 0 spiro atoms. The topological polar surface area (TPSA) is 281 Å². The number of carbonyl (C=O) groups is 2. The number of unbranched alkanes of at least 4 members (excludes halogenated alkanes) is 1. The second-order valence-corrected chi connectivity index (χ2v) is 17.1. The van der Waals surface area contributed by atoms with E-state index in [1.54, 1.807) is 0 Å². The summed E-state index contributed by atoms with van der Waals surface area (Å²) >= 11 is 10.0. The third kappa shape index (κ3) is 28.6. The van der Waals surface area contributed by atoms with E-state index in [4.69, 9.17) is 47.4 Å². The van der Waals surface area contributed by atoms with Crippen LogP contribution in [0.15, 0.2) is 9.98 Å². The van der Waals surface area contributed by atoms with Crippen molar-refractivity contribution < 1.29 is 87.6 Å². The molecule has 0 aliphatic carbocycles. The molecule has 0 radical (unpaired) electrons. The Kier molecular flexibility index (Phi) is 36.2. The predicted octanol–water partition coefficient (Wildman–Crippen LogP) is -2.12. The Morgan fingerprint density at radius 3 is 1.71 bits per heavy atom. The molecule has 2 amide bonds. The van der Waals surface area contributed by atoms with Gasteiger partial charge in [0.05, 0.1) is 137 Å². The van der Waals surface area contributed by atoms with E-state index in [-0.39, 0.29) is 76.7 Å². The number of carbonyl (C=O) groups excluding carboxylic acids is 2. The van der Waals surface area contributed by atoms with Gasteiger partial charge in [0, 0.05) is 24.0 Å². The molecule has 2 fully saturated rings. The number of ether oxygens (including phenoxy) is 10. The lowest BCUT2D eigenvalue weighted by Gasteiger charge is -2.39. The number of imide groups is 1. The first kappa shape index (κ1) is 59.7. The number of nitrogens with zero attached hydrogens (tertiary/aromatic N) is 3. The fraction of sp³-hybridized carbons (Fsp3) is 0.902. The minimum Gasteiger partial charge on any atom is -0.862 e. The Labute approximate surface area is 398 Å². The van der Waals surface area contributed by atoms with Gasteiger partial charge < -0.3 is 88.0 Å². The SMILES string of the molecule is O=C1CC(SCCOCCOCCO[C@H]2O[C@H](CO)[C@@H](O)[C@H](O)[C@@H]2O)C(=O)N1CCC([O-])=NCCOCCOCCOCCOCCOCCOCCN=C([O-])CCCCC(S)CCS. The molecule has 4 N–H and O–H groups in total. The van der Waals surface area contributed by atoms with Crippen molar-refractivity contribution in [2.75, 3.05) is 150 Å². The van der Waals surface area contributed by atoms with Gasteiger partial charge in [-0.1, -0.05) is 6.42 Å². The molecule has 65 heavy (non-hydrogen) atoms. The van der Waals surface area contributed by atoms with Crippen LogP contribution in [-0.4, -0.2) is 240 Å². The fourth-order valence-corrected chi connectivity index (χ4v) is 7.86. The van der Waals surface area contributed by atoms with Crippen LogP contribution in [0.25, 0.3) is 0 Å². The van der Waals surface area contributed by atoms with Crippen LogP contribution in [0.2, 0.25) is 0 Å². The third-order valence-corrected chi connectivity index (χ3v) is 11.5. The molecule has 24 heteroatoms. The van der Waals surface area contributed by atoms with E-state index < -0.39 is 48.5 Å². The van der Waals surface area contributed by atoms with Crippen molar-refractivity contribution in [2.24, 2.45) is 9.98 Å². The van der Waals surface area contributed by atoms with Gasteiger partial charge in [-0.15, -0.1) is 11.8 Å². The van der Waals surface area contributed by atoms with E-state index in [1.165, 1.54) is 11.8 Å². The lowest BCUT2D eigenvalue weighted by molar-refractivity contribution is -0.302. The predicted molar refractivity (Wildman–Crippen MR) is 243 cm³/mol. The summed E-state index contributed by atoms with van der Waals surface area (Å²) in [6.45, 7) is 5.54. The highest BCUT2D eigenvalue weighted by atomic mass is 32.2. The standard InChI is InChI=1S/C41H75N3O18S3/c45-30-32-37(49)38(50)39(51)41(62-32)61-25-24-59-22-23-60-26-28-65-33-29-36(48)44(40(33)52)9-5-35(47)43-8-11-54-13-15-56-17-19-58-21-20-57-18-16-55-14-12-53-10-7-42-34(46)4-2-1-3-31(64)6-27-63/h31-33,37-39,41,45,49-51,63-64H,1-30H2,(H,42,46)(H,43,47)/p-2/t31?,32-,33?,37-,38+,39+,41+/m1/s1. The van der Waals surface area contributed by atoms with Gasteiger partial charge >= 0.3 is 0 Å². The van der Waals surface area contributed by atoms with E-state index in [1.807, 2.05) is 0 Å². The first-order chi connectivity index (χ1) is 31.6. The number of rotatable bonds is 43. The summed E-state index contributed by atoms with van der Waals surface area (Å²) in [5.74, 6) is 0.122. The van der Waals surface area contributed by atoms with E-state index >= 15 is 0 Å². The monoisotopic (exact) mass is 991 g/mol. The molecule has 0 aromatic heterocycles. The van der Waals surface area contributed by atoms with Crippen LogP contribution >= 0.6 is 37.0 Å². The molecule has 0 aromatic rings. The lowest BCUT2D eigenvalue weighted by atomic mass is 9.99. The molecule has 2 rings (SSSR count). The first-order valence-electron chi connectivity index (χ1n) is 22.3. The van der Waals surface area contributed by atoms with E-state index in [2.05, 4.69) is 35.2 Å². The van der Waals surface area contributed by atoms with Crippen LogP contribution in [0.4, 0.5) is 0 Å². The molecule has 2 saturated heterocycles. The molecule has 0 bridgehead atoms. The average molecular weight is 992 g/mol.